The van der Waals surface area contributed by atoms with Crippen LogP contribution in [0.1, 0.15) is 19.3 Å². The van der Waals surface area contributed by atoms with E-state index < -0.39 is 0 Å². The molecule has 13 heavy (non-hydrogen) atoms. The molecule has 3 heteroatoms. The zero-order chi connectivity index (χ0) is 9.10. The normalized spacial score (nSPS) is 30.8. The van der Waals surface area contributed by atoms with Gasteiger partial charge in [-0.25, -0.2) is 0 Å². The van der Waals surface area contributed by atoms with Crippen LogP contribution in [0.2, 0.25) is 0 Å². The van der Waals surface area contributed by atoms with Gasteiger partial charge in [0.05, 0.1) is 19.0 Å². The number of aliphatic hydroxyl groups excluding tert-OH is 1. The molecular formula is C10H17NO2. The average Bonchev–Trinajstić information content (AvgIpc) is 2.71. The summed E-state index contributed by atoms with van der Waals surface area (Å²) in [5, 5.41) is 13.2. The molecule has 2 aliphatic rings. The lowest BCUT2D eigenvalue weighted by Crippen LogP contribution is -2.26. The highest BCUT2D eigenvalue weighted by molar-refractivity contribution is 5.09. The van der Waals surface area contributed by atoms with Gasteiger partial charge in [0.2, 0.25) is 0 Å². The molecular weight excluding hydrogens is 166 g/mol. The second-order valence-electron chi connectivity index (χ2n) is 3.86. The van der Waals surface area contributed by atoms with Crippen molar-refractivity contribution in [2.45, 2.75) is 25.4 Å². The van der Waals surface area contributed by atoms with E-state index in [1.54, 1.807) is 6.26 Å². The lowest BCUT2D eigenvalue weighted by molar-refractivity contribution is 0.127. The second-order valence-corrected chi connectivity index (χ2v) is 3.86. The summed E-state index contributed by atoms with van der Waals surface area (Å²) < 4.78 is 5.22. The Morgan fingerprint density at radius 2 is 2.54 bits per heavy atom. The van der Waals surface area contributed by atoms with Crippen molar-refractivity contribution in [1.29, 1.82) is 0 Å². The SMILES string of the molecule is OC(C1=COCCC1)[C@H]1CCNC1. The third-order valence-corrected chi connectivity index (χ3v) is 2.89. The van der Waals surface area contributed by atoms with Crippen molar-refractivity contribution in [1.82, 2.24) is 5.32 Å². The molecule has 0 aliphatic carbocycles. The van der Waals surface area contributed by atoms with Gasteiger partial charge in [-0.3, -0.25) is 0 Å². The van der Waals surface area contributed by atoms with E-state index in [4.69, 9.17) is 4.74 Å². The third-order valence-electron chi connectivity index (χ3n) is 2.89. The highest BCUT2D eigenvalue weighted by atomic mass is 16.5. The minimum absolute atomic E-state index is 0.282. The smallest absolute Gasteiger partial charge is 0.0876 e. The van der Waals surface area contributed by atoms with Crippen LogP contribution in [-0.2, 0) is 4.74 Å². The van der Waals surface area contributed by atoms with E-state index in [0.29, 0.717) is 5.92 Å². The van der Waals surface area contributed by atoms with E-state index in [1.165, 1.54) is 0 Å². The van der Waals surface area contributed by atoms with Crippen molar-refractivity contribution in [3.8, 4) is 0 Å². The van der Waals surface area contributed by atoms with Gasteiger partial charge >= 0.3 is 0 Å². The average molecular weight is 183 g/mol. The molecule has 2 atom stereocenters. The van der Waals surface area contributed by atoms with Crippen LogP contribution in [0.5, 0.6) is 0 Å². The predicted molar refractivity (Wildman–Crippen MR) is 50.3 cm³/mol. The van der Waals surface area contributed by atoms with E-state index in [1.807, 2.05) is 0 Å². The zero-order valence-electron chi connectivity index (χ0n) is 7.83. The predicted octanol–water partition coefficient (Wildman–Crippen LogP) is 0.651. The van der Waals surface area contributed by atoms with Crippen LogP contribution >= 0.6 is 0 Å². The van der Waals surface area contributed by atoms with Gasteiger partial charge in [0.15, 0.2) is 0 Å². The number of rotatable bonds is 2. The number of aliphatic hydroxyl groups is 1. The third kappa shape index (κ3) is 2.03. The van der Waals surface area contributed by atoms with Gasteiger partial charge in [-0.1, -0.05) is 0 Å². The first-order valence-corrected chi connectivity index (χ1v) is 5.07. The molecule has 2 aliphatic heterocycles. The van der Waals surface area contributed by atoms with Gasteiger partial charge in [-0.15, -0.1) is 0 Å². The van der Waals surface area contributed by atoms with Gasteiger partial charge < -0.3 is 15.2 Å². The summed E-state index contributed by atoms with van der Waals surface area (Å²) in [5.41, 5.74) is 1.08. The molecule has 1 saturated heterocycles. The molecule has 2 N–H and O–H groups in total. The van der Waals surface area contributed by atoms with Gasteiger partial charge in [0.1, 0.15) is 0 Å². The van der Waals surface area contributed by atoms with Crippen LogP contribution in [0, 0.1) is 5.92 Å². The second kappa shape index (κ2) is 4.11. The van der Waals surface area contributed by atoms with E-state index in [-0.39, 0.29) is 6.10 Å². The Bertz CT molecular complexity index is 197. The standard InChI is InChI=1S/C10H17NO2/c12-10(8-3-4-11-6-8)9-2-1-5-13-7-9/h7-8,10-12H,1-6H2/t8-,10?/m0/s1. The molecule has 0 bridgehead atoms. The van der Waals surface area contributed by atoms with Crippen LogP contribution in [-0.4, -0.2) is 30.9 Å². The maximum Gasteiger partial charge on any atom is 0.0876 e. The fourth-order valence-corrected chi connectivity index (χ4v) is 2.05. The molecule has 2 rings (SSSR count). The van der Waals surface area contributed by atoms with Crippen molar-refractivity contribution >= 4 is 0 Å². The summed E-state index contributed by atoms with van der Waals surface area (Å²) >= 11 is 0. The Labute approximate surface area is 78.8 Å². The van der Waals surface area contributed by atoms with Crippen molar-refractivity contribution in [2.24, 2.45) is 5.92 Å². The maximum atomic E-state index is 9.99. The maximum absolute atomic E-state index is 9.99. The summed E-state index contributed by atoms with van der Waals surface area (Å²) in [6.07, 6.45) is 4.60. The number of hydrogen-bond acceptors (Lipinski definition) is 3. The lowest BCUT2D eigenvalue weighted by Gasteiger charge is -2.22. The van der Waals surface area contributed by atoms with Crippen molar-refractivity contribution < 1.29 is 9.84 Å². The number of nitrogens with one attached hydrogen (secondary N) is 1. The van der Waals surface area contributed by atoms with Crippen LogP contribution in [0.25, 0.3) is 0 Å². The van der Waals surface area contributed by atoms with E-state index >= 15 is 0 Å². The van der Waals surface area contributed by atoms with Crippen LogP contribution in [0.4, 0.5) is 0 Å². The largest absolute Gasteiger partial charge is 0.501 e. The highest BCUT2D eigenvalue weighted by Gasteiger charge is 2.26. The van der Waals surface area contributed by atoms with E-state index in [2.05, 4.69) is 5.32 Å². The van der Waals surface area contributed by atoms with Gasteiger partial charge in [-0.05, 0) is 31.4 Å². The lowest BCUT2D eigenvalue weighted by atomic mass is 9.92. The van der Waals surface area contributed by atoms with E-state index in [9.17, 15) is 5.11 Å². The Kier molecular flexibility index (Phi) is 2.86. The van der Waals surface area contributed by atoms with Gasteiger partial charge in [0.25, 0.3) is 0 Å². The first-order chi connectivity index (χ1) is 6.38. The van der Waals surface area contributed by atoms with Crippen LogP contribution < -0.4 is 5.32 Å². The number of hydrogen-bond donors (Lipinski definition) is 2. The molecule has 0 aromatic rings. The highest BCUT2D eigenvalue weighted by Crippen LogP contribution is 2.24. The first kappa shape index (κ1) is 9.03. The van der Waals surface area contributed by atoms with Crippen molar-refractivity contribution in [3.63, 3.8) is 0 Å². The molecule has 0 amide bonds. The fourth-order valence-electron chi connectivity index (χ4n) is 2.05. The Balaban J connectivity index is 1.94. The van der Waals surface area contributed by atoms with Crippen LogP contribution in [0.3, 0.4) is 0 Å². The summed E-state index contributed by atoms with van der Waals surface area (Å²) in [7, 11) is 0. The molecule has 1 unspecified atom stereocenters. The summed E-state index contributed by atoms with van der Waals surface area (Å²) in [4.78, 5) is 0. The molecule has 0 saturated carbocycles. The fraction of sp³-hybridized carbons (Fsp3) is 0.800. The van der Waals surface area contributed by atoms with Crippen molar-refractivity contribution in [3.05, 3.63) is 11.8 Å². The molecule has 1 fully saturated rings. The Morgan fingerprint density at radius 3 is 3.15 bits per heavy atom. The quantitative estimate of drug-likeness (QED) is 0.660. The molecule has 0 spiro atoms. The first-order valence-electron chi connectivity index (χ1n) is 5.07. The minimum atomic E-state index is -0.282. The Hall–Kier alpha value is -0.540. The molecule has 74 valence electrons. The molecule has 0 aromatic carbocycles. The molecule has 2 heterocycles. The molecule has 3 nitrogen and oxygen atoms in total. The summed E-state index contributed by atoms with van der Waals surface area (Å²) in [5.74, 6) is 0.396. The molecule has 0 radical (unpaired) electrons. The topological polar surface area (TPSA) is 41.5 Å². The summed E-state index contributed by atoms with van der Waals surface area (Å²) in [6, 6.07) is 0. The molecule has 0 aromatic heterocycles. The van der Waals surface area contributed by atoms with Gasteiger partial charge in [-0.2, -0.15) is 0 Å². The van der Waals surface area contributed by atoms with E-state index in [0.717, 1.165) is 44.5 Å². The van der Waals surface area contributed by atoms with Gasteiger partial charge in [0, 0.05) is 12.5 Å². The van der Waals surface area contributed by atoms with Crippen molar-refractivity contribution in [2.75, 3.05) is 19.7 Å². The Morgan fingerprint density at radius 1 is 1.62 bits per heavy atom. The summed E-state index contributed by atoms with van der Waals surface area (Å²) in [6.45, 7) is 2.79. The van der Waals surface area contributed by atoms with Crippen LogP contribution in [0.15, 0.2) is 11.8 Å². The zero-order valence-corrected chi connectivity index (χ0v) is 7.83. The minimum Gasteiger partial charge on any atom is -0.501 e. The number of ether oxygens (including phenoxy) is 1. The monoisotopic (exact) mass is 183 g/mol.